The lowest BCUT2D eigenvalue weighted by Crippen LogP contribution is -2.35. The molecule has 30 heavy (non-hydrogen) atoms. The van der Waals surface area contributed by atoms with Gasteiger partial charge in [-0.3, -0.25) is 19.1 Å². The molecule has 0 bridgehead atoms. The van der Waals surface area contributed by atoms with Crippen LogP contribution in [0.15, 0.2) is 50.4 Å². The number of hydrogen-bond donors (Lipinski definition) is 2. The third-order valence-electron chi connectivity index (χ3n) is 5.00. The van der Waals surface area contributed by atoms with Crippen LogP contribution in [-0.2, 0) is 11.8 Å². The number of ether oxygens (including phenoxy) is 1. The number of nitrogen functional groups attached to an aromatic ring is 1. The number of nitrogens with two attached hydrogens (primary N) is 1. The SMILES string of the molecule is Cc1c(C(=O)OCC(=O)c2c(N)n(C)c(=O)[nH]c2=O)oc2c1ccc1ccccc12. The number of fused-ring (bicyclic) bond motifs is 3. The van der Waals surface area contributed by atoms with Gasteiger partial charge in [-0.05, 0) is 12.3 Å². The normalized spacial score (nSPS) is 11.1. The topological polar surface area (TPSA) is 137 Å². The zero-order chi connectivity index (χ0) is 21.6. The first kappa shape index (κ1) is 19.2. The zero-order valence-electron chi connectivity index (χ0n) is 16.1. The lowest BCUT2D eigenvalue weighted by molar-refractivity contribution is 0.0445. The van der Waals surface area contributed by atoms with E-state index in [-0.39, 0.29) is 11.6 Å². The van der Waals surface area contributed by atoms with E-state index in [0.717, 1.165) is 20.7 Å². The first-order valence-electron chi connectivity index (χ1n) is 8.99. The molecule has 0 fully saturated rings. The van der Waals surface area contributed by atoms with E-state index in [1.54, 1.807) is 6.92 Å². The molecule has 9 nitrogen and oxygen atoms in total. The van der Waals surface area contributed by atoms with Crippen LogP contribution >= 0.6 is 0 Å². The molecule has 152 valence electrons. The number of carbonyl (C=O) groups is 2. The number of hydrogen-bond acceptors (Lipinski definition) is 7. The van der Waals surface area contributed by atoms with E-state index in [1.807, 2.05) is 41.4 Å². The molecular formula is C21H17N3O6. The van der Waals surface area contributed by atoms with Crippen LogP contribution < -0.4 is 17.0 Å². The van der Waals surface area contributed by atoms with Gasteiger partial charge in [0.15, 0.2) is 6.61 Å². The number of carbonyl (C=O) groups excluding carboxylic acids is 2. The maximum absolute atomic E-state index is 12.6. The molecule has 4 rings (SSSR count). The third-order valence-corrected chi connectivity index (χ3v) is 5.00. The second kappa shape index (κ2) is 7.03. The number of anilines is 1. The molecule has 0 amide bonds. The van der Waals surface area contributed by atoms with Gasteiger partial charge < -0.3 is 14.9 Å². The first-order valence-corrected chi connectivity index (χ1v) is 8.99. The van der Waals surface area contributed by atoms with Gasteiger partial charge in [-0.25, -0.2) is 9.59 Å². The van der Waals surface area contributed by atoms with Gasteiger partial charge in [0.25, 0.3) is 5.56 Å². The van der Waals surface area contributed by atoms with E-state index in [1.165, 1.54) is 7.05 Å². The van der Waals surface area contributed by atoms with E-state index in [0.29, 0.717) is 11.1 Å². The standard InChI is InChI=1S/C21H17N3O6/c1-10-12-8-7-11-5-3-4-6-13(11)17(12)30-16(10)20(27)29-9-14(25)15-18(22)24(2)21(28)23-19(15)26/h3-8H,9,22H2,1-2H3,(H,23,26,28). The summed E-state index contributed by atoms with van der Waals surface area (Å²) in [6, 6.07) is 11.4. The molecule has 0 unspecified atom stereocenters. The van der Waals surface area contributed by atoms with E-state index < -0.39 is 35.2 Å². The highest BCUT2D eigenvalue weighted by Crippen LogP contribution is 2.32. The molecule has 0 saturated carbocycles. The molecule has 0 aliphatic heterocycles. The Hall–Kier alpha value is -4.14. The minimum atomic E-state index is -0.942. The molecule has 0 spiro atoms. The summed E-state index contributed by atoms with van der Waals surface area (Å²) >= 11 is 0. The molecule has 0 atom stereocenters. The van der Waals surface area contributed by atoms with Gasteiger partial charge in [0.1, 0.15) is 17.0 Å². The summed E-state index contributed by atoms with van der Waals surface area (Å²) in [5, 5.41) is 2.56. The second-order valence-electron chi connectivity index (χ2n) is 6.80. The van der Waals surface area contributed by atoms with Crippen molar-refractivity contribution in [3.8, 4) is 0 Å². The lowest BCUT2D eigenvalue weighted by Gasteiger charge is -2.08. The Morgan fingerprint density at radius 2 is 1.87 bits per heavy atom. The fourth-order valence-electron chi connectivity index (χ4n) is 3.32. The van der Waals surface area contributed by atoms with E-state index in [2.05, 4.69) is 0 Å². The van der Waals surface area contributed by atoms with Crippen LogP contribution in [0.5, 0.6) is 0 Å². The Labute approximate surface area is 168 Å². The highest BCUT2D eigenvalue weighted by molar-refractivity contribution is 6.08. The van der Waals surface area contributed by atoms with Crippen LogP contribution in [0.25, 0.3) is 21.7 Å². The van der Waals surface area contributed by atoms with Crippen molar-refractivity contribution in [2.24, 2.45) is 7.05 Å². The number of rotatable bonds is 4. The molecular weight excluding hydrogens is 390 g/mol. The number of Topliss-reactive ketones (excluding diaryl/α,β-unsaturated/α-hetero) is 1. The Bertz CT molecular complexity index is 1460. The number of nitrogens with zero attached hydrogens (tertiary/aromatic N) is 1. The molecule has 0 saturated heterocycles. The predicted molar refractivity (Wildman–Crippen MR) is 110 cm³/mol. The fraction of sp³-hybridized carbons (Fsp3) is 0.143. The van der Waals surface area contributed by atoms with Crippen LogP contribution in [0.3, 0.4) is 0 Å². The summed E-state index contributed by atoms with van der Waals surface area (Å²) in [6.45, 7) is 0.982. The van der Waals surface area contributed by atoms with Crippen LogP contribution in [-0.4, -0.2) is 27.9 Å². The number of aryl methyl sites for hydroxylation is 1. The Morgan fingerprint density at radius 3 is 2.63 bits per heavy atom. The van der Waals surface area contributed by atoms with Gasteiger partial charge >= 0.3 is 11.7 Å². The molecule has 2 heterocycles. The van der Waals surface area contributed by atoms with Crippen molar-refractivity contribution in [2.45, 2.75) is 6.92 Å². The summed E-state index contributed by atoms with van der Waals surface area (Å²) in [6.07, 6.45) is 0. The van der Waals surface area contributed by atoms with Crippen LogP contribution in [0.2, 0.25) is 0 Å². The monoisotopic (exact) mass is 407 g/mol. The Kier molecular flexibility index (Phi) is 4.50. The van der Waals surface area contributed by atoms with Gasteiger partial charge in [-0.1, -0.05) is 36.4 Å². The predicted octanol–water partition coefficient (Wildman–Crippen LogP) is 1.90. The smallest absolute Gasteiger partial charge is 0.375 e. The number of ketones is 1. The van der Waals surface area contributed by atoms with Gasteiger partial charge in [0, 0.05) is 23.4 Å². The molecule has 4 aromatic rings. The van der Waals surface area contributed by atoms with Gasteiger partial charge in [-0.2, -0.15) is 0 Å². The van der Waals surface area contributed by atoms with Gasteiger partial charge in [-0.15, -0.1) is 0 Å². The summed E-state index contributed by atoms with van der Waals surface area (Å²) in [4.78, 5) is 50.4. The van der Waals surface area contributed by atoms with E-state index in [4.69, 9.17) is 14.9 Å². The van der Waals surface area contributed by atoms with Gasteiger partial charge in [0.05, 0.1) is 0 Å². The fourth-order valence-corrected chi connectivity index (χ4v) is 3.32. The quantitative estimate of drug-likeness (QED) is 0.389. The minimum absolute atomic E-state index is 0.0310. The Balaban J connectivity index is 1.63. The van der Waals surface area contributed by atoms with E-state index >= 15 is 0 Å². The number of nitrogens with one attached hydrogen (secondary N) is 1. The average Bonchev–Trinajstić information content (AvgIpc) is 3.07. The number of aromatic amines is 1. The highest BCUT2D eigenvalue weighted by Gasteiger charge is 2.23. The van der Waals surface area contributed by atoms with Crippen molar-refractivity contribution in [3.63, 3.8) is 0 Å². The van der Waals surface area contributed by atoms with Crippen molar-refractivity contribution in [1.29, 1.82) is 0 Å². The summed E-state index contributed by atoms with van der Waals surface area (Å²) in [7, 11) is 1.30. The van der Waals surface area contributed by atoms with Crippen LogP contribution in [0, 0.1) is 6.92 Å². The maximum Gasteiger partial charge on any atom is 0.375 e. The third kappa shape index (κ3) is 2.96. The number of furan rings is 1. The summed E-state index contributed by atoms with van der Waals surface area (Å²) in [5.41, 5.74) is 4.67. The van der Waals surface area contributed by atoms with Crippen molar-refractivity contribution in [1.82, 2.24) is 9.55 Å². The number of aromatic nitrogens is 2. The summed E-state index contributed by atoms with van der Waals surface area (Å²) < 4.78 is 11.8. The molecule has 3 N–H and O–H groups in total. The lowest BCUT2D eigenvalue weighted by atomic mass is 10.1. The van der Waals surface area contributed by atoms with E-state index in [9.17, 15) is 19.2 Å². The van der Waals surface area contributed by atoms with Crippen LogP contribution in [0.1, 0.15) is 26.5 Å². The van der Waals surface area contributed by atoms with Gasteiger partial charge in [0.2, 0.25) is 11.5 Å². The minimum Gasteiger partial charge on any atom is -0.451 e. The van der Waals surface area contributed by atoms with Crippen molar-refractivity contribution < 1.29 is 18.7 Å². The highest BCUT2D eigenvalue weighted by atomic mass is 16.5. The van der Waals surface area contributed by atoms with Crippen LogP contribution in [0.4, 0.5) is 5.82 Å². The molecule has 0 aliphatic carbocycles. The Morgan fingerprint density at radius 1 is 1.13 bits per heavy atom. The molecule has 2 aromatic heterocycles. The number of H-pyrrole nitrogens is 1. The van der Waals surface area contributed by atoms with Crippen molar-refractivity contribution in [2.75, 3.05) is 12.3 Å². The average molecular weight is 407 g/mol. The number of esters is 1. The molecule has 0 aliphatic rings. The zero-order valence-corrected chi connectivity index (χ0v) is 16.1. The number of benzene rings is 2. The maximum atomic E-state index is 12.6. The molecule has 2 aromatic carbocycles. The summed E-state index contributed by atoms with van der Waals surface area (Å²) in [5.74, 6) is -2.02. The van der Waals surface area contributed by atoms with Crippen molar-refractivity contribution >= 4 is 39.3 Å². The van der Waals surface area contributed by atoms with Crippen molar-refractivity contribution in [3.05, 3.63) is 74.1 Å². The first-order chi connectivity index (χ1) is 14.3. The molecule has 9 heteroatoms. The second-order valence-corrected chi connectivity index (χ2v) is 6.80. The molecule has 0 radical (unpaired) electrons. The largest absolute Gasteiger partial charge is 0.451 e.